The van der Waals surface area contributed by atoms with Gasteiger partial charge in [0.25, 0.3) is 0 Å². The number of nitrogens with one attached hydrogen (secondary N) is 1. The first kappa shape index (κ1) is 10.7. The number of nitrogens with zero attached hydrogens (tertiary/aromatic N) is 2. The van der Waals surface area contributed by atoms with Gasteiger partial charge in [-0.1, -0.05) is 24.3 Å². The molecule has 1 N–H and O–H groups in total. The van der Waals surface area contributed by atoms with Crippen molar-refractivity contribution in [1.29, 1.82) is 0 Å². The van der Waals surface area contributed by atoms with Gasteiger partial charge < -0.3 is 5.32 Å². The largest absolute Gasteiger partial charge is 0.369 e. The van der Waals surface area contributed by atoms with Crippen LogP contribution in [0, 0.1) is 0 Å². The molecule has 86 valence electrons. The van der Waals surface area contributed by atoms with Gasteiger partial charge in [0.2, 0.25) is 0 Å². The lowest BCUT2D eigenvalue weighted by atomic mass is 9.78. The fraction of sp³-hybridized carbons (Fsp3) is 0.231. The third kappa shape index (κ3) is 2.17. The molecule has 1 aromatic carbocycles. The van der Waals surface area contributed by atoms with E-state index in [9.17, 15) is 0 Å². The standard InChI is InChI=1S/C13H12BrN3/c14-12-6-13(17-8-16-12)15-7-10-5-9-3-1-2-4-11(9)10/h1-4,6,8,10H,5,7H2,(H,15,16,17). The number of halogens is 1. The van der Waals surface area contributed by atoms with Gasteiger partial charge in [0.1, 0.15) is 16.7 Å². The molecule has 0 fully saturated rings. The lowest BCUT2D eigenvalue weighted by molar-refractivity contribution is 0.634. The summed E-state index contributed by atoms with van der Waals surface area (Å²) in [7, 11) is 0. The Bertz CT molecular complexity index is 542. The molecule has 1 atom stereocenters. The highest BCUT2D eigenvalue weighted by Gasteiger charge is 2.24. The highest BCUT2D eigenvalue weighted by molar-refractivity contribution is 9.10. The minimum Gasteiger partial charge on any atom is -0.369 e. The smallest absolute Gasteiger partial charge is 0.130 e. The maximum Gasteiger partial charge on any atom is 0.130 e. The molecule has 0 spiro atoms. The van der Waals surface area contributed by atoms with Gasteiger partial charge in [0, 0.05) is 18.5 Å². The zero-order valence-corrected chi connectivity index (χ0v) is 10.8. The first-order chi connectivity index (χ1) is 8.33. The van der Waals surface area contributed by atoms with Gasteiger partial charge in [-0.05, 0) is 33.5 Å². The van der Waals surface area contributed by atoms with Crippen LogP contribution in [-0.2, 0) is 6.42 Å². The molecule has 0 bridgehead atoms. The van der Waals surface area contributed by atoms with E-state index in [0.717, 1.165) is 23.4 Å². The van der Waals surface area contributed by atoms with Crippen LogP contribution in [0.15, 0.2) is 41.3 Å². The Labute approximate surface area is 108 Å². The molecule has 17 heavy (non-hydrogen) atoms. The Kier molecular flexibility index (Phi) is 2.81. The maximum atomic E-state index is 4.17. The number of hydrogen-bond donors (Lipinski definition) is 1. The molecule has 1 aliphatic carbocycles. The van der Waals surface area contributed by atoms with E-state index < -0.39 is 0 Å². The zero-order chi connectivity index (χ0) is 11.7. The van der Waals surface area contributed by atoms with Gasteiger partial charge in [-0.15, -0.1) is 0 Å². The van der Waals surface area contributed by atoms with E-state index in [2.05, 4.69) is 55.5 Å². The fourth-order valence-corrected chi connectivity index (χ4v) is 2.51. The number of fused-ring (bicyclic) bond motifs is 1. The van der Waals surface area contributed by atoms with Crippen LogP contribution in [0.25, 0.3) is 0 Å². The Morgan fingerprint density at radius 1 is 1.29 bits per heavy atom. The van der Waals surface area contributed by atoms with Gasteiger partial charge in [-0.3, -0.25) is 0 Å². The maximum absolute atomic E-state index is 4.17. The molecule has 0 radical (unpaired) electrons. The monoisotopic (exact) mass is 289 g/mol. The van der Waals surface area contributed by atoms with Gasteiger partial charge in [-0.2, -0.15) is 0 Å². The minimum atomic E-state index is 0.611. The number of hydrogen-bond acceptors (Lipinski definition) is 3. The third-order valence-electron chi connectivity index (χ3n) is 3.12. The van der Waals surface area contributed by atoms with Gasteiger partial charge in [-0.25, -0.2) is 9.97 Å². The first-order valence-electron chi connectivity index (χ1n) is 5.62. The van der Waals surface area contributed by atoms with Crippen LogP contribution in [0.5, 0.6) is 0 Å². The highest BCUT2D eigenvalue weighted by Crippen LogP contribution is 2.34. The number of aromatic nitrogens is 2. The zero-order valence-electron chi connectivity index (χ0n) is 9.23. The molecule has 3 rings (SSSR count). The molecular weight excluding hydrogens is 278 g/mol. The number of anilines is 1. The van der Waals surface area contributed by atoms with Crippen LogP contribution in [0.4, 0.5) is 5.82 Å². The second kappa shape index (κ2) is 4.45. The fourth-order valence-electron chi connectivity index (χ4n) is 2.20. The molecule has 0 amide bonds. The topological polar surface area (TPSA) is 37.8 Å². The average Bonchev–Trinajstić information content (AvgIpc) is 2.30. The molecular formula is C13H12BrN3. The summed E-state index contributed by atoms with van der Waals surface area (Å²) in [5, 5.41) is 3.35. The summed E-state index contributed by atoms with van der Waals surface area (Å²) in [4.78, 5) is 8.18. The lowest BCUT2D eigenvalue weighted by Gasteiger charge is -2.30. The molecule has 1 aromatic heterocycles. The number of benzene rings is 1. The summed E-state index contributed by atoms with van der Waals surface area (Å²) in [6, 6.07) is 10.5. The Morgan fingerprint density at radius 3 is 3.00 bits per heavy atom. The summed E-state index contributed by atoms with van der Waals surface area (Å²) in [6.45, 7) is 0.931. The second-order valence-corrected chi connectivity index (χ2v) is 5.02. The van der Waals surface area contributed by atoms with E-state index in [1.165, 1.54) is 11.1 Å². The quantitative estimate of drug-likeness (QED) is 0.883. The molecule has 4 heteroatoms. The molecule has 2 aromatic rings. The molecule has 0 saturated heterocycles. The van der Waals surface area contributed by atoms with Crippen molar-refractivity contribution in [2.75, 3.05) is 11.9 Å². The van der Waals surface area contributed by atoms with Crippen molar-refractivity contribution in [3.05, 3.63) is 52.4 Å². The van der Waals surface area contributed by atoms with E-state index in [1.807, 2.05) is 6.07 Å². The second-order valence-electron chi connectivity index (χ2n) is 4.21. The van der Waals surface area contributed by atoms with Crippen molar-refractivity contribution in [3.8, 4) is 0 Å². The highest BCUT2D eigenvalue weighted by atomic mass is 79.9. The average molecular weight is 290 g/mol. The van der Waals surface area contributed by atoms with Gasteiger partial charge in [0.15, 0.2) is 0 Å². The van der Waals surface area contributed by atoms with Crippen LogP contribution in [0.2, 0.25) is 0 Å². The predicted octanol–water partition coefficient (Wildman–Crippen LogP) is 2.99. The van der Waals surface area contributed by atoms with Crippen LogP contribution < -0.4 is 5.32 Å². The van der Waals surface area contributed by atoms with Gasteiger partial charge in [0.05, 0.1) is 0 Å². The van der Waals surface area contributed by atoms with E-state index in [-0.39, 0.29) is 0 Å². The summed E-state index contributed by atoms with van der Waals surface area (Å²) >= 11 is 3.33. The van der Waals surface area contributed by atoms with E-state index in [1.54, 1.807) is 6.33 Å². The van der Waals surface area contributed by atoms with E-state index in [0.29, 0.717) is 5.92 Å². The van der Waals surface area contributed by atoms with E-state index >= 15 is 0 Å². The van der Waals surface area contributed by atoms with Crippen LogP contribution in [0.1, 0.15) is 17.0 Å². The lowest BCUT2D eigenvalue weighted by Crippen LogP contribution is -2.24. The van der Waals surface area contributed by atoms with Crippen molar-refractivity contribution >= 4 is 21.7 Å². The molecule has 3 nitrogen and oxygen atoms in total. The van der Waals surface area contributed by atoms with Crippen molar-refractivity contribution in [1.82, 2.24) is 9.97 Å². The Morgan fingerprint density at radius 2 is 2.18 bits per heavy atom. The van der Waals surface area contributed by atoms with Crippen LogP contribution >= 0.6 is 15.9 Å². The summed E-state index contributed by atoms with van der Waals surface area (Å²) in [6.07, 6.45) is 2.72. The number of rotatable bonds is 3. The van der Waals surface area contributed by atoms with E-state index in [4.69, 9.17) is 0 Å². The summed E-state index contributed by atoms with van der Waals surface area (Å²) in [5.41, 5.74) is 2.94. The van der Waals surface area contributed by atoms with Crippen LogP contribution in [-0.4, -0.2) is 16.5 Å². The molecule has 0 saturated carbocycles. The third-order valence-corrected chi connectivity index (χ3v) is 3.56. The molecule has 0 aliphatic heterocycles. The van der Waals surface area contributed by atoms with Crippen molar-refractivity contribution in [2.45, 2.75) is 12.3 Å². The Balaban J connectivity index is 1.64. The molecule has 1 heterocycles. The SMILES string of the molecule is Brc1cc(NCC2Cc3ccccc32)ncn1. The molecule has 1 aliphatic rings. The molecule has 1 unspecified atom stereocenters. The predicted molar refractivity (Wildman–Crippen MR) is 71.1 cm³/mol. The first-order valence-corrected chi connectivity index (χ1v) is 6.41. The minimum absolute atomic E-state index is 0.611. The van der Waals surface area contributed by atoms with Crippen molar-refractivity contribution in [2.24, 2.45) is 0 Å². The van der Waals surface area contributed by atoms with Crippen molar-refractivity contribution in [3.63, 3.8) is 0 Å². The summed E-state index contributed by atoms with van der Waals surface area (Å²) < 4.78 is 0.809. The Hall–Kier alpha value is -1.42. The summed E-state index contributed by atoms with van der Waals surface area (Å²) in [5.74, 6) is 1.48. The van der Waals surface area contributed by atoms with Crippen molar-refractivity contribution < 1.29 is 0 Å². The van der Waals surface area contributed by atoms with Gasteiger partial charge >= 0.3 is 0 Å². The van der Waals surface area contributed by atoms with Crippen LogP contribution in [0.3, 0.4) is 0 Å². The normalized spacial score (nSPS) is 17.1.